The highest BCUT2D eigenvalue weighted by Gasteiger charge is 2.05. The summed E-state index contributed by atoms with van der Waals surface area (Å²) in [6, 6.07) is 5.03. The summed E-state index contributed by atoms with van der Waals surface area (Å²) in [4.78, 5) is 1.48. The fraction of sp³-hybridized carbons (Fsp3) is 0.636. The van der Waals surface area contributed by atoms with E-state index in [1.54, 1.807) is 0 Å². The first-order valence-corrected chi connectivity index (χ1v) is 6.84. The Bertz CT molecular complexity index is 260. The fourth-order valence-corrected chi connectivity index (χ4v) is 3.04. The minimum absolute atomic E-state index is 0.681. The van der Waals surface area contributed by atoms with E-state index in [1.165, 1.54) is 27.9 Å². The highest BCUT2D eigenvalue weighted by molar-refractivity contribution is 9.11. The molecule has 1 aromatic heterocycles. The van der Waals surface area contributed by atoms with Gasteiger partial charge >= 0.3 is 0 Å². The Morgan fingerprint density at radius 2 is 2.21 bits per heavy atom. The van der Waals surface area contributed by atoms with Gasteiger partial charge in [-0.1, -0.05) is 13.8 Å². The van der Waals surface area contributed by atoms with Crippen LogP contribution in [0.4, 0.5) is 0 Å². The van der Waals surface area contributed by atoms with Crippen LogP contribution in [0, 0.1) is 0 Å². The first-order chi connectivity index (χ1) is 6.76. The molecule has 0 bridgehead atoms. The second-order valence-electron chi connectivity index (χ2n) is 3.41. The zero-order valence-corrected chi connectivity index (χ0v) is 11.2. The van der Waals surface area contributed by atoms with Crippen molar-refractivity contribution in [3.63, 3.8) is 0 Å². The van der Waals surface area contributed by atoms with Crippen molar-refractivity contribution in [3.05, 3.63) is 20.8 Å². The monoisotopic (exact) mass is 275 g/mol. The van der Waals surface area contributed by atoms with E-state index >= 15 is 0 Å². The summed E-state index contributed by atoms with van der Waals surface area (Å²) in [5, 5.41) is 3.50. The van der Waals surface area contributed by atoms with E-state index < -0.39 is 0 Å². The van der Waals surface area contributed by atoms with Crippen molar-refractivity contribution in [2.75, 3.05) is 6.54 Å². The van der Waals surface area contributed by atoms with E-state index in [-0.39, 0.29) is 0 Å². The lowest BCUT2D eigenvalue weighted by Gasteiger charge is -2.14. The van der Waals surface area contributed by atoms with Crippen molar-refractivity contribution in [1.82, 2.24) is 5.32 Å². The average Bonchev–Trinajstić information content (AvgIpc) is 2.59. The molecule has 0 saturated carbocycles. The van der Waals surface area contributed by atoms with Crippen LogP contribution in [0.3, 0.4) is 0 Å². The Morgan fingerprint density at radius 1 is 1.43 bits per heavy atom. The third-order valence-electron chi connectivity index (χ3n) is 2.35. The summed E-state index contributed by atoms with van der Waals surface area (Å²) >= 11 is 5.34. The molecule has 80 valence electrons. The molecule has 1 rings (SSSR count). The van der Waals surface area contributed by atoms with Gasteiger partial charge in [0.2, 0.25) is 0 Å². The molecule has 0 aliphatic heterocycles. The van der Waals surface area contributed by atoms with E-state index in [0.717, 1.165) is 6.54 Å². The molecule has 3 heteroatoms. The molecule has 0 saturated heterocycles. The molecule has 1 heterocycles. The van der Waals surface area contributed by atoms with Gasteiger partial charge in [-0.05, 0) is 53.9 Å². The molecule has 1 N–H and O–H groups in total. The third kappa shape index (κ3) is 4.11. The topological polar surface area (TPSA) is 12.0 Å². The van der Waals surface area contributed by atoms with Crippen molar-refractivity contribution in [3.8, 4) is 0 Å². The largest absolute Gasteiger partial charge is 0.314 e. The molecule has 0 aromatic carbocycles. The number of nitrogens with one attached hydrogen (secondary N) is 1. The molecule has 0 amide bonds. The molecular weight excluding hydrogens is 258 g/mol. The molecule has 1 unspecified atom stereocenters. The van der Waals surface area contributed by atoms with E-state index in [9.17, 15) is 0 Å². The van der Waals surface area contributed by atoms with Gasteiger partial charge in [0.15, 0.2) is 0 Å². The highest BCUT2D eigenvalue weighted by Crippen LogP contribution is 2.23. The predicted molar refractivity (Wildman–Crippen MR) is 68.1 cm³/mol. The molecule has 0 aliphatic rings. The number of halogens is 1. The van der Waals surface area contributed by atoms with Gasteiger partial charge in [-0.25, -0.2) is 0 Å². The van der Waals surface area contributed by atoms with Crippen LogP contribution in [0.5, 0.6) is 0 Å². The molecule has 1 atom stereocenters. The van der Waals surface area contributed by atoms with E-state index in [1.807, 2.05) is 11.3 Å². The summed E-state index contributed by atoms with van der Waals surface area (Å²) in [6.45, 7) is 5.49. The lowest BCUT2D eigenvalue weighted by atomic mass is 10.1. The van der Waals surface area contributed by atoms with Gasteiger partial charge in [0.25, 0.3) is 0 Å². The fourth-order valence-electron chi connectivity index (χ4n) is 1.54. The number of hydrogen-bond acceptors (Lipinski definition) is 2. The zero-order chi connectivity index (χ0) is 10.4. The predicted octanol–water partition coefficient (Wildman–Crippen LogP) is 3.83. The maximum absolute atomic E-state index is 3.50. The Labute approximate surface area is 99.0 Å². The van der Waals surface area contributed by atoms with Gasteiger partial charge in [-0.15, -0.1) is 11.3 Å². The van der Waals surface area contributed by atoms with Crippen LogP contribution in [-0.2, 0) is 6.42 Å². The lowest BCUT2D eigenvalue weighted by molar-refractivity contribution is 0.482. The second-order valence-corrected chi connectivity index (χ2v) is 5.95. The summed E-state index contributed by atoms with van der Waals surface area (Å²) in [5.74, 6) is 0. The number of thiophene rings is 1. The maximum Gasteiger partial charge on any atom is 0.0701 e. The van der Waals surface area contributed by atoms with Crippen molar-refractivity contribution >= 4 is 27.3 Å². The molecule has 14 heavy (non-hydrogen) atoms. The molecule has 0 spiro atoms. The normalized spacial score (nSPS) is 13.1. The van der Waals surface area contributed by atoms with Crippen LogP contribution < -0.4 is 5.32 Å². The minimum atomic E-state index is 0.681. The molecule has 0 fully saturated rings. The second kappa shape index (κ2) is 6.59. The van der Waals surface area contributed by atoms with Crippen molar-refractivity contribution in [1.29, 1.82) is 0 Å². The van der Waals surface area contributed by atoms with Crippen LogP contribution in [0.25, 0.3) is 0 Å². The van der Waals surface area contributed by atoms with E-state index in [4.69, 9.17) is 0 Å². The molecule has 1 nitrogen and oxygen atoms in total. The first-order valence-electron chi connectivity index (χ1n) is 5.23. The average molecular weight is 276 g/mol. The Kier molecular flexibility index (Phi) is 5.75. The first kappa shape index (κ1) is 12.2. The maximum atomic E-state index is 3.50. The van der Waals surface area contributed by atoms with Gasteiger partial charge in [0, 0.05) is 10.9 Å². The summed E-state index contributed by atoms with van der Waals surface area (Å²) < 4.78 is 1.24. The highest BCUT2D eigenvalue weighted by atomic mass is 79.9. The molecule has 1 aromatic rings. The lowest BCUT2D eigenvalue weighted by Crippen LogP contribution is -2.28. The van der Waals surface area contributed by atoms with Crippen molar-refractivity contribution in [2.45, 2.75) is 39.2 Å². The van der Waals surface area contributed by atoms with E-state index in [2.05, 4.69) is 47.2 Å². The number of aryl methyl sites for hydroxylation is 1. The minimum Gasteiger partial charge on any atom is -0.314 e. The van der Waals surface area contributed by atoms with Crippen LogP contribution in [0.2, 0.25) is 0 Å². The van der Waals surface area contributed by atoms with Crippen LogP contribution in [0.15, 0.2) is 15.9 Å². The molecule has 0 aliphatic carbocycles. The number of hydrogen-bond donors (Lipinski definition) is 1. The van der Waals surface area contributed by atoms with Gasteiger partial charge in [-0.2, -0.15) is 0 Å². The summed E-state index contributed by atoms with van der Waals surface area (Å²) in [6.07, 6.45) is 3.67. The third-order valence-corrected chi connectivity index (χ3v) is 4.04. The van der Waals surface area contributed by atoms with E-state index in [0.29, 0.717) is 6.04 Å². The quantitative estimate of drug-likeness (QED) is 0.832. The standard InChI is InChI=1S/C11H18BrNS/c1-3-9(13-4-2)5-6-10-7-8-11(12)14-10/h7-9,13H,3-6H2,1-2H3. The summed E-state index contributed by atoms with van der Waals surface area (Å²) in [5.41, 5.74) is 0. The van der Waals surface area contributed by atoms with Gasteiger partial charge < -0.3 is 5.32 Å². The van der Waals surface area contributed by atoms with Crippen molar-refractivity contribution in [2.24, 2.45) is 0 Å². The van der Waals surface area contributed by atoms with Crippen LogP contribution in [0.1, 0.15) is 31.6 Å². The number of rotatable bonds is 6. The molecular formula is C11H18BrNS. The smallest absolute Gasteiger partial charge is 0.0701 e. The van der Waals surface area contributed by atoms with Crippen molar-refractivity contribution < 1.29 is 0 Å². The Morgan fingerprint density at radius 3 is 2.71 bits per heavy atom. The Hall–Kier alpha value is 0.140. The SMILES string of the molecule is CCNC(CC)CCc1ccc(Br)s1. The molecule has 0 radical (unpaired) electrons. The van der Waals surface area contributed by atoms with Gasteiger partial charge in [0.05, 0.1) is 3.79 Å². The zero-order valence-electron chi connectivity index (χ0n) is 8.85. The Balaban J connectivity index is 2.31. The van der Waals surface area contributed by atoms with Gasteiger partial charge in [0.1, 0.15) is 0 Å². The van der Waals surface area contributed by atoms with Crippen LogP contribution >= 0.6 is 27.3 Å². The van der Waals surface area contributed by atoms with Crippen LogP contribution in [-0.4, -0.2) is 12.6 Å². The van der Waals surface area contributed by atoms with Gasteiger partial charge in [-0.3, -0.25) is 0 Å². The summed E-state index contributed by atoms with van der Waals surface area (Å²) in [7, 11) is 0.